The van der Waals surface area contributed by atoms with Gasteiger partial charge in [-0.25, -0.2) is 0 Å². The lowest BCUT2D eigenvalue weighted by atomic mass is 9.88. The largest absolute Gasteiger partial charge is 0.373 e. The SMILES string of the molecule is Cl.NCC(NC(=O)C1CCCOC1c1ccccc1)c1ccc2ccccc2c1. The topological polar surface area (TPSA) is 64.3 Å². The quantitative estimate of drug-likeness (QED) is 0.648. The van der Waals surface area contributed by atoms with E-state index in [1.807, 2.05) is 48.5 Å². The molecule has 152 valence electrons. The molecule has 0 aromatic heterocycles. The Morgan fingerprint density at radius 3 is 2.52 bits per heavy atom. The summed E-state index contributed by atoms with van der Waals surface area (Å²) >= 11 is 0. The van der Waals surface area contributed by atoms with Crippen LogP contribution < -0.4 is 11.1 Å². The summed E-state index contributed by atoms with van der Waals surface area (Å²) in [5.41, 5.74) is 8.11. The van der Waals surface area contributed by atoms with Gasteiger partial charge in [0.1, 0.15) is 0 Å². The van der Waals surface area contributed by atoms with Crippen molar-refractivity contribution in [1.29, 1.82) is 0 Å². The van der Waals surface area contributed by atoms with Crippen LogP contribution >= 0.6 is 12.4 Å². The van der Waals surface area contributed by atoms with Gasteiger partial charge in [0.2, 0.25) is 5.91 Å². The number of carbonyl (C=O) groups excluding carboxylic acids is 1. The van der Waals surface area contributed by atoms with Gasteiger partial charge < -0.3 is 15.8 Å². The van der Waals surface area contributed by atoms with Crippen LogP contribution in [0.25, 0.3) is 10.8 Å². The molecule has 0 bridgehead atoms. The summed E-state index contributed by atoms with van der Waals surface area (Å²) in [5.74, 6) is -0.192. The maximum atomic E-state index is 13.1. The molecule has 0 radical (unpaired) electrons. The van der Waals surface area contributed by atoms with Gasteiger partial charge in [-0.05, 0) is 40.8 Å². The number of halogens is 1. The Bertz CT molecular complexity index is 948. The van der Waals surface area contributed by atoms with Crippen molar-refractivity contribution in [2.24, 2.45) is 11.7 Å². The van der Waals surface area contributed by atoms with Crippen molar-refractivity contribution in [3.05, 3.63) is 83.9 Å². The van der Waals surface area contributed by atoms with Gasteiger partial charge in [-0.3, -0.25) is 4.79 Å². The van der Waals surface area contributed by atoms with E-state index < -0.39 is 0 Å². The molecule has 1 fully saturated rings. The molecule has 3 unspecified atom stereocenters. The Labute approximate surface area is 177 Å². The molecule has 0 spiro atoms. The van der Waals surface area contributed by atoms with E-state index in [2.05, 4.69) is 29.6 Å². The number of nitrogens with one attached hydrogen (secondary N) is 1. The van der Waals surface area contributed by atoms with Crippen molar-refractivity contribution < 1.29 is 9.53 Å². The molecule has 0 aliphatic carbocycles. The predicted molar refractivity (Wildman–Crippen MR) is 119 cm³/mol. The minimum Gasteiger partial charge on any atom is -0.373 e. The summed E-state index contributed by atoms with van der Waals surface area (Å²) < 4.78 is 5.98. The van der Waals surface area contributed by atoms with Crippen LogP contribution in [0.1, 0.15) is 36.1 Å². The highest BCUT2D eigenvalue weighted by atomic mass is 35.5. The molecule has 1 amide bonds. The van der Waals surface area contributed by atoms with Crippen LogP contribution in [0.3, 0.4) is 0 Å². The Balaban J connectivity index is 0.00000240. The van der Waals surface area contributed by atoms with E-state index in [4.69, 9.17) is 10.5 Å². The Morgan fingerprint density at radius 1 is 1.03 bits per heavy atom. The zero-order chi connectivity index (χ0) is 19.3. The van der Waals surface area contributed by atoms with E-state index >= 15 is 0 Å². The second kappa shape index (κ2) is 9.88. The van der Waals surface area contributed by atoms with Gasteiger partial charge in [0.25, 0.3) is 0 Å². The third-order valence-corrected chi connectivity index (χ3v) is 5.52. The summed E-state index contributed by atoms with van der Waals surface area (Å²) in [6.45, 7) is 1.04. The van der Waals surface area contributed by atoms with Gasteiger partial charge in [0, 0.05) is 13.2 Å². The summed E-state index contributed by atoms with van der Waals surface area (Å²) in [7, 11) is 0. The zero-order valence-electron chi connectivity index (χ0n) is 16.3. The number of amides is 1. The Kier molecular flexibility index (Phi) is 7.26. The number of hydrogen-bond acceptors (Lipinski definition) is 3. The first-order chi connectivity index (χ1) is 13.8. The van der Waals surface area contributed by atoms with E-state index in [0.717, 1.165) is 29.4 Å². The number of hydrogen-bond donors (Lipinski definition) is 2. The Morgan fingerprint density at radius 2 is 1.76 bits per heavy atom. The van der Waals surface area contributed by atoms with Crippen LogP contribution in [0.4, 0.5) is 0 Å². The van der Waals surface area contributed by atoms with Gasteiger partial charge in [-0.15, -0.1) is 12.4 Å². The van der Waals surface area contributed by atoms with Crippen molar-refractivity contribution in [2.75, 3.05) is 13.2 Å². The second-order valence-corrected chi connectivity index (χ2v) is 7.35. The fourth-order valence-electron chi connectivity index (χ4n) is 4.00. The average molecular weight is 411 g/mol. The molecule has 1 aliphatic heterocycles. The molecule has 1 heterocycles. The van der Waals surface area contributed by atoms with Gasteiger partial charge in [-0.2, -0.15) is 0 Å². The summed E-state index contributed by atoms with van der Waals surface area (Å²) in [6.07, 6.45) is 1.51. The van der Waals surface area contributed by atoms with Crippen LogP contribution in [0.5, 0.6) is 0 Å². The fourth-order valence-corrected chi connectivity index (χ4v) is 4.00. The minimum absolute atomic E-state index is 0. The van der Waals surface area contributed by atoms with Crippen molar-refractivity contribution in [2.45, 2.75) is 25.0 Å². The lowest BCUT2D eigenvalue weighted by molar-refractivity contribution is -0.135. The van der Waals surface area contributed by atoms with Crippen molar-refractivity contribution >= 4 is 29.1 Å². The molecule has 3 aromatic carbocycles. The van der Waals surface area contributed by atoms with Crippen molar-refractivity contribution in [3.63, 3.8) is 0 Å². The first-order valence-electron chi connectivity index (χ1n) is 9.92. The molecule has 1 aliphatic rings. The lowest BCUT2D eigenvalue weighted by Crippen LogP contribution is -2.41. The average Bonchev–Trinajstić information content (AvgIpc) is 2.77. The van der Waals surface area contributed by atoms with Crippen LogP contribution in [0, 0.1) is 5.92 Å². The van der Waals surface area contributed by atoms with E-state index in [1.165, 1.54) is 5.39 Å². The van der Waals surface area contributed by atoms with Gasteiger partial charge >= 0.3 is 0 Å². The molecule has 0 saturated carbocycles. The number of ether oxygens (including phenoxy) is 1. The van der Waals surface area contributed by atoms with Crippen molar-refractivity contribution in [3.8, 4) is 0 Å². The number of nitrogens with two attached hydrogens (primary N) is 1. The molecule has 4 rings (SSSR count). The first-order valence-corrected chi connectivity index (χ1v) is 9.92. The number of fused-ring (bicyclic) bond motifs is 1. The van der Waals surface area contributed by atoms with Gasteiger partial charge in [0.05, 0.1) is 18.1 Å². The maximum Gasteiger partial charge on any atom is 0.226 e. The van der Waals surface area contributed by atoms with Crippen LogP contribution in [0.2, 0.25) is 0 Å². The fraction of sp³-hybridized carbons (Fsp3) is 0.292. The normalized spacial score (nSPS) is 19.9. The molecule has 3 aromatic rings. The lowest BCUT2D eigenvalue weighted by Gasteiger charge is -2.32. The van der Waals surface area contributed by atoms with Crippen LogP contribution in [-0.4, -0.2) is 19.1 Å². The highest BCUT2D eigenvalue weighted by molar-refractivity contribution is 5.85. The third kappa shape index (κ3) is 4.78. The summed E-state index contributed by atoms with van der Waals surface area (Å²) in [6, 6.07) is 24.2. The van der Waals surface area contributed by atoms with Crippen LogP contribution in [-0.2, 0) is 9.53 Å². The highest BCUT2D eigenvalue weighted by Gasteiger charge is 2.34. The first kappa shape index (κ1) is 21.3. The van der Waals surface area contributed by atoms with Gasteiger partial charge in [0.15, 0.2) is 0 Å². The molecular weight excluding hydrogens is 384 g/mol. The van der Waals surface area contributed by atoms with E-state index in [0.29, 0.717) is 13.2 Å². The molecule has 3 atom stereocenters. The number of carbonyl (C=O) groups is 1. The molecule has 3 N–H and O–H groups in total. The Hall–Kier alpha value is -2.40. The summed E-state index contributed by atoms with van der Waals surface area (Å²) in [4.78, 5) is 13.1. The zero-order valence-corrected chi connectivity index (χ0v) is 17.1. The van der Waals surface area contributed by atoms with Gasteiger partial charge in [-0.1, -0.05) is 66.7 Å². The second-order valence-electron chi connectivity index (χ2n) is 7.35. The number of rotatable bonds is 5. The standard InChI is InChI=1S/C24H26N2O2.ClH/c25-16-22(20-13-12-17-7-4-5-10-19(17)15-20)26-24(27)21-11-6-14-28-23(21)18-8-2-1-3-9-18;/h1-5,7-10,12-13,15,21-23H,6,11,14,16,25H2,(H,26,27);1H. The van der Waals surface area contributed by atoms with E-state index in [1.54, 1.807) is 0 Å². The summed E-state index contributed by atoms with van der Waals surface area (Å²) in [5, 5.41) is 5.50. The van der Waals surface area contributed by atoms with E-state index in [-0.39, 0.29) is 36.4 Å². The van der Waals surface area contributed by atoms with Crippen molar-refractivity contribution in [1.82, 2.24) is 5.32 Å². The van der Waals surface area contributed by atoms with E-state index in [9.17, 15) is 4.79 Å². The number of benzene rings is 3. The smallest absolute Gasteiger partial charge is 0.226 e. The third-order valence-electron chi connectivity index (χ3n) is 5.52. The molecule has 29 heavy (non-hydrogen) atoms. The monoisotopic (exact) mass is 410 g/mol. The molecular formula is C24H27ClN2O2. The minimum atomic E-state index is -0.213. The predicted octanol–water partition coefficient (Wildman–Crippen LogP) is 4.55. The molecule has 5 heteroatoms. The molecule has 4 nitrogen and oxygen atoms in total. The molecule has 1 saturated heterocycles. The van der Waals surface area contributed by atoms with Crippen LogP contribution in [0.15, 0.2) is 72.8 Å². The maximum absolute atomic E-state index is 13.1. The highest BCUT2D eigenvalue weighted by Crippen LogP contribution is 2.34.